The molecule has 2 heterocycles. The summed E-state index contributed by atoms with van der Waals surface area (Å²) in [5, 5.41) is 6.70. The van der Waals surface area contributed by atoms with Gasteiger partial charge in [-0.3, -0.25) is 0 Å². The van der Waals surface area contributed by atoms with Gasteiger partial charge in [-0.2, -0.15) is 13.5 Å². The lowest BCUT2D eigenvalue weighted by molar-refractivity contribution is 0.00578. The zero-order valence-corrected chi connectivity index (χ0v) is 23.1. The fourth-order valence-electron chi connectivity index (χ4n) is 3.89. The Morgan fingerprint density at radius 1 is 1.14 bits per heavy atom. The second-order valence-corrected chi connectivity index (χ2v) is 12.3. The predicted molar refractivity (Wildman–Crippen MR) is 143 cm³/mol. The SMILES string of the molecule is COc1cc(/C=N/N(CC(C)C)C2=NS(=O)(=O)c3cc(B4OC(C)(C)C(C)(C)O4)ccc32)ccc1Cl. The molecule has 0 aliphatic carbocycles. The Labute approximate surface area is 218 Å². The highest BCUT2D eigenvalue weighted by Gasteiger charge is 2.52. The van der Waals surface area contributed by atoms with Crippen molar-refractivity contribution in [2.45, 2.75) is 57.6 Å². The van der Waals surface area contributed by atoms with Gasteiger partial charge < -0.3 is 14.0 Å². The number of halogens is 1. The molecule has 0 amide bonds. The van der Waals surface area contributed by atoms with Crippen LogP contribution in [0.2, 0.25) is 5.02 Å². The quantitative estimate of drug-likeness (QED) is 0.317. The van der Waals surface area contributed by atoms with Gasteiger partial charge in [0.1, 0.15) is 10.6 Å². The summed E-state index contributed by atoms with van der Waals surface area (Å²) in [7, 11) is -3.06. The molecule has 0 spiro atoms. The first kappa shape index (κ1) is 26.7. The highest BCUT2D eigenvalue weighted by atomic mass is 35.5. The van der Waals surface area contributed by atoms with E-state index in [1.54, 1.807) is 48.7 Å². The number of hydrogen-bond donors (Lipinski definition) is 0. The summed E-state index contributed by atoms with van der Waals surface area (Å²) in [6.07, 6.45) is 1.63. The van der Waals surface area contributed by atoms with Crippen LogP contribution >= 0.6 is 11.6 Å². The molecule has 192 valence electrons. The molecule has 2 aliphatic rings. The van der Waals surface area contributed by atoms with Gasteiger partial charge in [-0.1, -0.05) is 43.6 Å². The number of amidine groups is 1. The topological polar surface area (TPSA) is 89.8 Å². The highest BCUT2D eigenvalue weighted by Crippen LogP contribution is 2.37. The smallest absolute Gasteiger partial charge is 0.494 e. The largest absolute Gasteiger partial charge is 0.495 e. The van der Waals surface area contributed by atoms with Crippen molar-refractivity contribution >= 4 is 46.3 Å². The summed E-state index contributed by atoms with van der Waals surface area (Å²) in [5.41, 5.74) is 0.790. The lowest BCUT2D eigenvalue weighted by Gasteiger charge is -2.32. The zero-order valence-electron chi connectivity index (χ0n) is 21.6. The van der Waals surface area contributed by atoms with Crippen molar-refractivity contribution < 1.29 is 22.5 Å². The number of benzene rings is 2. The number of ether oxygens (including phenoxy) is 1. The van der Waals surface area contributed by atoms with Crippen molar-refractivity contribution in [1.82, 2.24) is 5.01 Å². The standard InChI is InChI=1S/C25H31BClN3O5S/c1-16(2)15-30(28-14-17-8-11-20(27)21(12-17)33-7)23-19-10-9-18(13-22(19)36(31,32)29-23)26-34-24(3,4)25(5,6)35-26/h8-14,16H,15H2,1-7H3/b28-14+. The van der Waals surface area contributed by atoms with E-state index in [4.69, 9.17) is 25.6 Å². The van der Waals surface area contributed by atoms with Gasteiger partial charge in [-0.25, -0.2) is 5.01 Å². The van der Waals surface area contributed by atoms with Gasteiger partial charge in [0.15, 0.2) is 5.84 Å². The number of hydrogen-bond acceptors (Lipinski definition) is 7. The van der Waals surface area contributed by atoms with Crippen LogP contribution in [0.3, 0.4) is 0 Å². The maximum absolute atomic E-state index is 13.1. The molecule has 0 saturated carbocycles. The third-order valence-corrected chi connectivity index (χ3v) is 8.18. The summed E-state index contributed by atoms with van der Waals surface area (Å²) in [5.74, 6) is 0.995. The maximum atomic E-state index is 13.1. The Balaban J connectivity index is 1.68. The van der Waals surface area contributed by atoms with Crippen LogP contribution in [0.5, 0.6) is 5.75 Å². The molecule has 4 rings (SSSR count). The molecule has 1 saturated heterocycles. The van der Waals surface area contributed by atoms with Crippen LogP contribution < -0.4 is 10.2 Å². The number of sulfonamides is 1. The molecular formula is C25H31BClN3O5S. The van der Waals surface area contributed by atoms with E-state index in [2.05, 4.69) is 9.50 Å². The summed E-state index contributed by atoms with van der Waals surface area (Å²) in [6.45, 7) is 12.3. The second kappa shape index (κ2) is 9.48. The molecule has 1 fully saturated rings. The molecule has 0 bridgehead atoms. The molecule has 8 nitrogen and oxygen atoms in total. The van der Waals surface area contributed by atoms with E-state index in [0.717, 1.165) is 5.56 Å². The van der Waals surface area contributed by atoms with E-state index in [1.807, 2.05) is 47.6 Å². The highest BCUT2D eigenvalue weighted by molar-refractivity contribution is 7.90. The molecule has 0 aromatic heterocycles. The van der Waals surface area contributed by atoms with Crippen molar-refractivity contribution in [3.8, 4) is 5.75 Å². The predicted octanol–water partition coefficient (Wildman–Crippen LogP) is 4.09. The van der Waals surface area contributed by atoms with Gasteiger partial charge >= 0.3 is 7.12 Å². The van der Waals surface area contributed by atoms with E-state index in [0.29, 0.717) is 28.3 Å². The van der Waals surface area contributed by atoms with Crippen molar-refractivity contribution in [1.29, 1.82) is 0 Å². The van der Waals surface area contributed by atoms with Gasteiger partial charge in [-0.05, 0) is 62.8 Å². The first-order valence-electron chi connectivity index (χ1n) is 11.7. The fourth-order valence-corrected chi connectivity index (χ4v) is 5.32. The number of hydrazone groups is 1. The van der Waals surface area contributed by atoms with E-state index in [1.165, 1.54) is 0 Å². The molecular weight excluding hydrogens is 501 g/mol. The fraction of sp³-hybridized carbons (Fsp3) is 0.440. The Hall–Kier alpha value is -2.40. The lowest BCUT2D eigenvalue weighted by Crippen LogP contribution is -2.41. The van der Waals surface area contributed by atoms with Gasteiger partial charge in [0, 0.05) is 12.1 Å². The van der Waals surface area contributed by atoms with Gasteiger partial charge in [0.05, 0.1) is 29.5 Å². The van der Waals surface area contributed by atoms with Crippen LogP contribution in [-0.4, -0.2) is 57.5 Å². The van der Waals surface area contributed by atoms with Crippen LogP contribution in [0.1, 0.15) is 52.7 Å². The Kier molecular flexibility index (Phi) is 7.02. The monoisotopic (exact) mass is 531 g/mol. The van der Waals surface area contributed by atoms with Crippen LogP contribution in [0, 0.1) is 5.92 Å². The minimum atomic E-state index is -3.92. The molecule has 0 atom stereocenters. The first-order valence-corrected chi connectivity index (χ1v) is 13.6. The van der Waals surface area contributed by atoms with Crippen molar-refractivity contribution in [3.05, 3.63) is 52.5 Å². The second-order valence-electron chi connectivity index (χ2n) is 10.3. The number of nitrogens with zero attached hydrogens (tertiary/aromatic N) is 3. The van der Waals surface area contributed by atoms with Gasteiger partial charge in [0.25, 0.3) is 10.0 Å². The third-order valence-electron chi connectivity index (χ3n) is 6.56. The van der Waals surface area contributed by atoms with Crippen molar-refractivity contribution in [2.24, 2.45) is 15.4 Å². The molecule has 2 aromatic rings. The molecule has 0 radical (unpaired) electrons. The Bertz CT molecular complexity index is 1330. The van der Waals surface area contributed by atoms with E-state index >= 15 is 0 Å². The molecule has 36 heavy (non-hydrogen) atoms. The number of rotatable bonds is 6. The first-order chi connectivity index (χ1) is 16.7. The summed E-state index contributed by atoms with van der Waals surface area (Å²) < 4.78 is 47.8. The minimum Gasteiger partial charge on any atom is -0.495 e. The van der Waals surface area contributed by atoms with E-state index < -0.39 is 28.3 Å². The molecule has 11 heteroatoms. The van der Waals surface area contributed by atoms with E-state index in [-0.39, 0.29) is 16.6 Å². The van der Waals surface area contributed by atoms with Crippen LogP contribution in [-0.2, 0) is 19.3 Å². The summed E-state index contributed by atoms with van der Waals surface area (Å²) >= 11 is 6.13. The lowest BCUT2D eigenvalue weighted by atomic mass is 9.79. The molecule has 2 aliphatic heterocycles. The van der Waals surface area contributed by atoms with Crippen molar-refractivity contribution in [3.63, 3.8) is 0 Å². The maximum Gasteiger partial charge on any atom is 0.494 e. The summed E-state index contributed by atoms with van der Waals surface area (Å²) in [4.78, 5) is 0.113. The van der Waals surface area contributed by atoms with Gasteiger partial charge in [0.2, 0.25) is 0 Å². The van der Waals surface area contributed by atoms with Crippen LogP contribution in [0.4, 0.5) is 0 Å². The average Bonchev–Trinajstić information content (AvgIpc) is 3.19. The third kappa shape index (κ3) is 5.04. The van der Waals surface area contributed by atoms with E-state index in [9.17, 15) is 8.42 Å². The number of methoxy groups -OCH3 is 1. The molecule has 0 N–H and O–H groups in total. The van der Waals surface area contributed by atoms with Gasteiger partial charge in [-0.15, -0.1) is 4.40 Å². The molecule has 0 unspecified atom stereocenters. The van der Waals surface area contributed by atoms with Crippen molar-refractivity contribution in [2.75, 3.05) is 13.7 Å². The summed E-state index contributed by atoms with van der Waals surface area (Å²) in [6, 6.07) is 10.4. The zero-order chi connectivity index (χ0) is 26.5. The normalized spacial score (nSPS) is 19.6. The minimum absolute atomic E-state index is 0.113. The average molecular weight is 532 g/mol. The molecule has 2 aromatic carbocycles. The number of fused-ring (bicyclic) bond motifs is 1. The Morgan fingerprint density at radius 2 is 1.81 bits per heavy atom. The Morgan fingerprint density at radius 3 is 2.42 bits per heavy atom. The van der Waals surface area contributed by atoms with Crippen LogP contribution in [0.15, 0.2) is 50.8 Å². The van der Waals surface area contributed by atoms with Crippen LogP contribution in [0.25, 0.3) is 0 Å².